The van der Waals surface area contributed by atoms with Crippen molar-refractivity contribution in [1.29, 1.82) is 0 Å². The van der Waals surface area contributed by atoms with Gasteiger partial charge in [-0.2, -0.15) is 0 Å². The van der Waals surface area contributed by atoms with E-state index in [1.54, 1.807) is 32.7 Å². The van der Waals surface area contributed by atoms with Crippen LogP contribution < -0.4 is 19.5 Å². The molecule has 0 radical (unpaired) electrons. The van der Waals surface area contributed by atoms with Crippen molar-refractivity contribution < 1.29 is 14.2 Å². The van der Waals surface area contributed by atoms with Crippen molar-refractivity contribution in [3.8, 4) is 23.0 Å². The molecule has 0 amide bonds. The monoisotopic (exact) mass is 288 g/mol. The number of ether oxygens (including phenoxy) is 3. The standard InChI is InChI=1S/C16H20N2O3/c1-4-17-10-12-11-18-6-5-16(12)21-15-8-13(19-2)7-14(9-15)20-3/h5-9,11,17H,4,10H2,1-3H3. The molecule has 0 aliphatic rings. The molecular weight excluding hydrogens is 268 g/mol. The number of hydrogen-bond donors (Lipinski definition) is 1. The molecule has 0 unspecified atom stereocenters. The van der Waals surface area contributed by atoms with Crippen LogP contribution in [0.5, 0.6) is 23.0 Å². The number of pyridine rings is 1. The molecule has 1 heterocycles. The van der Waals surface area contributed by atoms with E-state index in [2.05, 4.69) is 17.2 Å². The third-order valence-corrected chi connectivity index (χ3v) is 2.98. The fraction of sp³-hybridized carbons (Fsp3) is 0.312. The van der Waals surface area contributed by atoms with Crippen molar-refractivity contribution >= 4 is 0 Å². The van der Waals surface area contributed by atoms with Gasteiger partial charge in [0.2, 0.25) is 0 Å². The van der Waals surface area contributed by atoms with E-state index in [1.807, 2.05) is 18.2 Å². The van der Waals surface area contributed by atoms with Crippen molar-refractivity contribution in [3.63, 3.8) is 0 Å². The lowest BCUT2D eigenvalue weighted by Gasteiger charge is -2.13. The van der Waals surface area contributed by atoms with E-state index in [4.69, 9.17) is 14.2 Å². The fourth-order valence-electron chi connectivity index (χ4n) is 1.87. The van der Waals surface area contributed by atoms with Gasteiger partial charge in [0.1, 0.15) is 23.0 Å². The van der Waals surface area contributed by atoms with Gasteiger partial charge in [-0.05, 0) is 12.6 Å². The number of rotatable bonds is 7. The Morgan fingerprint density at radius 1 is 1.05 bits per heavy atom. The summed E-state index contributed by atoms with van der Waals surface area (Å²) in [6.45, 7) is 3.66. The topological polar surface area (TPSA) is 52.6 Å². The summed E-state index contributed by atoms with van der Waals surface area (Å²) in [6, 6.07) is 7.29. The molecule has 0 fully saturated rings. The Labute approximate surface area is 124 Å². The van der Waals surface area contributed by atoms with Gasteiger partial charge in [-0.25, -0.2) is 0 Å². The van der Waals surface area contributed by atoms with Crippen molar-refractivity contribution in [1.82, 2.24) is 10.3 Å². The number of nitrogens with zero attached hydrogens (tertiary/aromatic N) is 1. The maximum atomic E-state index is 5.95. The summed E-state index contributed by atoms with van der Waals surface area (Å²) in [4.78, 5) is 4.14. The minimum absolute atomic E-state index is 0.662. The quantitative estimate of drug-likeness (QED) is 0.848. The molecule has 1 N–H and O–H groups in total. The molecule has 2 aromatic rings. The summed E-state index contributed by atoms with van der Waals surface area (Å²) in [5.41, 5.74) is 1.00. The molecular formula is C16H20N2O3. The summed E-state index contributed by atoms with van der Waals surface area (Å²) >= 11 is 0. The summed E-state index contributed by atoms with van der Waals surface area (Å²) in [5.74, 6) is 2.80. The highest BCUT2D eigenvalue weighted by atomic mass is 16.5. The molecule has 21 heavy (non-hydrogen) atoms. The third-order valence-electron chi connectivity index (χ3n) is 2.98. The Bertz CT molecular complexity index is 565. The number of nitrogens with one attached hydrogen (secondary N) is 1. The Morgan fingerprint density at radius 3 is 2.33 bits per heavy atom. The fourth-order valence-corrected chi connectivity index (χ4v) is 1.87. The van der Waals surface area contributed by atoms with Gasteiger partial charge in [0.15, 0.2) is 0 Å². The van der Waals surface area contributed by atoms with E-state index in [0.29, 0.717) is 23.8 Å². The molecule has 0 saturated heterocycles. The summed E-state index contributed by atoms with van der Waals surface area (Å²) in [5, 5.41) is 3.27. The van der Waals surface area contributed by atoms with Crippen LogP contribution in [0.2, 0.25) is 0 Å². The maximum absolute atomic E-state index is 5.95. The molecule has 0 aliphatic carbocycles. The first-order chi connectivity index (χ1) is 10.3. The molecule has 0 spiro atoms. The average molecular weight is 288 g/mol. The van der Waals surface area contributed by atoms with Crippen LogP contribution in [0.25, 0.3) is 0 Å². The van der Waals surface area contributed by atoms with E-state index < -0.39 is 0 Å². The van der Waals surface area contributed by atoms with E-state index >= 15 is 0 Å². The average Bonchev–Trinajstić information content (AvgIpc) is 2.53. The Balaban J connectivity index is 2.25. The Morgan fingerprint density at radius 2 is 1.71 bits per heavy atom. The van der Waals surface area contributed by atoms with Gasteiger partial charge in [0.25, 0.3) is 0 Å². The largest absolute Gasteiger partial charge is 0.496 e. The van der Waals surface area contributed by atoms with E-state index in [9.17, 15) is 0 Å². The lowest BCUT2D eigenvalue weighted by molar-refractivity contribution is 0.386. The second kappa shape index (κ2) is 7.50. The van der Waals surface area contributed by atoms with Gasteiger partial charge in [0.05, 0.1) is 14.2 Å². The van der Waals surface area contributed by atoms with Crippen molar-refractivity contribution in [3.05, 3.63) is 42.2 Å². The van der Waals surface area contributed by atoms with Crippen LogP contribution in [-0.2, 0) is 6.54 Å². The number of hydrogen-bond acceptors (Lipinski definition) is 5. The molecule has 112 valence electrons. The van der Waals surface area contributed by atoms with E-state index in [-0.39, 0.29) is 0 Å². The SMILES string of the molecule is CCNCc1cnccc1Oc1cc(OC)cc(OC)c1. The van der Waals surface area contributed by atoms with Crippen molar-refractivity contribution in [2.45, 2.75) is 13.5 Å². The Hall–Kier alpha value is -2.27. The van der Waals surface area contributed by atoms with Crippen LogP contribution >= 0.6 is 0 Å². The molecule has 1 aromatic carbocycles. The summed E-state index contributed by atoms with van der Waals surface area (Å²) in [6.07, 6.45) is 3.51. The number of aromatic nitrogens is 1. The zero-order chi connectivity index (χ0) is 15.1. The highest BCUT2D eigenvalue weighted by Gasteiger charge is 2.07. The molecule has 5 heteroatoms. The van der Waals surface area contributed by atoms with Crippen LogP contribution in [0.4, 0.5) is 0 Å². The minimum atomic E-state index is 0.662. The van der Waals surface area contributed by atoms with Crippen molar-refractivity contribution in [2.24, 2.45) is 0 Å². The van der Waals surface area contributed by atoms with E-state index in [1.165, 1.54) is 0 Å². The molecule has 0 bridgehead atoms. The predicted molar refractivity (Wildman–Crippen MR) is 81.2 cm³/mol. The number of methoxy groups -OCH3 is 2. The highest BCUT2D eigenvalue weighted by molar-refractivity contribution is 5.44. The first kappa shape index (κ1) is 15.1. The lowest BCUT2D eigenvalue weighted by atomic mass is 10.2. The van der Waals surface area contributed by atoms with Crippen molar-refractivity contribution in [2.75, 3.05) is 20.8 Å². The molecule has 0 aliphatic heterocycles. The van der Waals surface area contributed by atoms with E-state index in [0.717, 1.165) is 17.9 Å². The minimum Gasteiger partial charge on any atom is -0.496 e. The van der Waals surface area contributed by atoms with Crippen LogP contribution in [0, 0.1) is 0 Å². The van der Waals surface area contributed by atoms with Gasteiger partial charge in [-0.1, -0.05) is 6.92 Å². The van der Waals surface area contributed by atoms with Gasteiger partial charge >= 0.3 is 0 Å². The summed E-state index contributed by atoms with van der Waals surface area (Å²) in [7, 11) is 3.23. The molecule has 1 aromatic heterocycles. The molecule has 2 rings (SSSR count). The van der Waals surface area contributed by atoms with Crippen LogP contribution in [-0.4, -0.2) is 25.7 Å². The molecule has 0 atom stereocenters. The van der Waals surface area contributed by atoms with Gasteiger partial charge in [-0.15, -0.1) is 0 Å². The predicted octanol–water partition coefficient (Wildman–Crippen LogP) is 3.00. The second-order valence-corrected chi connectivity index (χ2v) is 4.41. The highest BCUT2D eigenvalue weighted by Crippen LogP contribution is 2.31. The van der Waals surface area contributed by atoms with Crippen LogP contribution in [0.1, 0.15) is 12.5 Å². The second-order valence-electron chi connectivity index (χ2n) is 4.41. The summed E-state index contributed by atoms with van der Waals surface area (Å²) < 4.78 is 16.4. The first-order valence-corrected chi connectivity index (χ1v) is 6.81. The smallest absolute Gasteiger partial charge is 0.135 e. The van der Waals surface area contributed by atoms with Gasteiger partial charge < -0.3 is 19.5 Å². The van der Waals surface area contributed by atoms with Gasteiger partial charge in [0, 0.05) is 42.7 Å². The molecule has 0 saturated carbocycles. The normalized spacial score (nSPS) is 10.2. The zero-order valence-corrected chi connectivity index (χ0v) is 12.6. The molecule has 5 nitrogen and oxygen atoms in total. The van der Waals surface area contributed by atoms with Gasteiger partial charge in [-0.3, -0.25) is 4.98 Å². The van der Waals surface area contributed by atoms with Crippen LogP contribution in [0.3, 0.4) is 0 Å². The zero-order valence-electron chi connectivity index (χ0n) is 12.6. The van der Waals surface area contributed by atoms with Crippen LogP contribution in [0.15, 0.2) is 36.7 Å². The third kappa shape index (κ3) is 4.10. The maximum Gasteiger partial charge on any atom is 0.135 e. The Kier molecular flexibility index (Phi) is 5.40. The lowest BCUT2D eigenvalue weighted by Crippen LogP contribution is -2.12. The first-order valence-electron chi connectivity index (χ1n) is 6.81. The number of benzene rings is 1.